The Morgan fingerprint density at radius 1 is 1.12 bits per heavy atom. The predicted molar refractivity (Wildman–Crippen MR) is 95.4 cm³/mol. The van der Waals surface area contributed by atoms with E-state index in [1.165, 1.54) is 7.05 Å². The second kappa shape index (κ2) is 7.84. The highest BCUT2D eigenvalue weighted by molar-refractivity contribution is 6.44. The van der Waals surface area contributed by atoms with Gasteiger partial charge >= 0.3 is 17.8 Å². The lowest BCUT2D eigenvalue weighted by Crippen LogP contribution is -2.42. The summed E-state index contributed by atoms with van der Waals surface area (Å²) in [6.45, 7) is 0.957. The van der Waals surface area contributed by atoms with Crippen LogP contribution in [0.2, 0.25) is 0 Å². The summed E-state index contributed by atoms with van der Waals surface area (Å²) in [5.74, 6) is -2.01. The average molecular weight is 381 g/mol. The second-order valence-electron chi connectivity index (χ2n) is 6.35. The summed E-state index contributed by atoms with van der Waals surface area (Å²) in [7, 11) is 1.22. The minimum absolute atomic E-state index is 0. The molecule has 140 valence electrons. The van der Waals surface area contributed by atoms with Crippen molar-refractivity contribution in [3.05, 3.63) is 35.9 Å². The van der Waals surface area contributed by atoms with Gasteiger partial charge in [0.1, 0.15) is 6.54 Å². The molecule has 2 saturated heterocycles. The predicted octanol–water partition coefficient (Wildman–Crippen LogP) is 0.0297. The topological polar surface area (TPSA) is 104 Å². The standard InChI is InChI=1S/C17H20N4O4.ClH/c1-19-15(23)16(24)21(17(19)25)10-14(22)20-8-12(7-18)13(9-20)11-5-3-2-4-6-11;/h2-6,12-13H,7-10,18H2,1H3;1H/t12-,13+;/m1./s1. The number of carbonyl (C=O) groups is 4. The maximum absolute atomic E-state index is 12.6. The van der Waals surface area contributed by atoms with Gasteiger partial charge < -0.3 is 10.6 Å². The van der Waals surface area contributed by atoms with Crippen molar-refractivity contribution >= 4 is 36.2 Å². The number of likely N-dealkylation sites (tertiary alicyclic amines) is 1. The lowest BCUT2D eigenvalue weighted by Gasteiger charge is -2.19. The van der Waals surface area contributed by atoms with Gasteiger partial charge in [-0.3, -0.25) is 19.3 Å². The molecule has 0 radical (unpaired) electrons. The van der Waals surface area contributed by atoms with E-state index in [1.807, 2.05) is 30.3 Å². The number of hydrogen-bond donors (Lipinski definition) is 1. The number of rotatable bonds is 4. The van der Waals surface area contributed by atoms with Crippen LogP contribution in [-0.2, 0) is 14.4 Å². The molecule has 2 fully saturated rings. The minimum Gasteiger partial charge on any atom is -0.340 e. The molecule has 0 bridgehead atoms. The Hall–Kier alpha value is -2.45. The molecular formula is C17H21ClN4O4. The van der Waals surface area contributed by atoms with Gasteiger partial charge in [0.2, 0.25) is 5.91 Å². The molecule has 1 aromatic carbocycles. The molecule has 2 aliphatic heterocycles. The highest BCUT2D eigenvalue weighted by Crippen LogP contribution is 2.32. The summed E-state index contributed by atoms with van der Waals surface area (Å²) in [4.78, 5) is 50.8. The number of amides is 5. The lowest BCUT2D eigenvalue weighted by atomic mass is 9.89. The third-order valence-corrected chi connectivity index (χ3v) is 4.87. The van der Waals surface area contributed by atoms with Crippen LogP contribution >= 0.6 is 12.4 Å². The van der Waals surface area contributed by atoms with Crippen LogP contribution < -0.4 is 5.73 Å². The number of halogens is 1. The molecule has 0 unspecified atom stereocenters. The fourth-order valence-corrected chi connectivity index (χ4v) is 3.38. The SMILES string of the molecule is CN1C(=O)C(=O)N(CC(=O)N2C[C@@H](CN)[C@H](c3ccccc3)C2)C1=O.Cl. The molecule has 2 heterocycles. The highest BCUT2D eigenvalue weighted by Gasteiger charge is 2.44. The zero-order valence-electron chi connectivity index (χ0n) is 14.3. The van der Waals surface area contributed by atoms with Gasteiger partial charge in [0.05, 0.1) is 0 Å². The molecule has 3 rings (SSSR count). The van der Waals surface area contributed by atoms with E-state index in [9.17, 15) is 19.2 Å². The van der Waals surface area contributed by atoms with Crippen molar-refractivity contribution in [1.29, 1.82) is 0 Å². The van der Waals surface area contributed by atoms with E-state index in [4.69, 9.17) is 5.73 Å². The number of benzene rings is 1. The van der Waals surface area contributed by atoms with Crippen LogP contribution in [0.3, 0.4) is 0 Å². The molecule has 0 spiro atoms. The zero-order chi connectivity index (χ0) is 18.1. The van der Waals surface area contributed by atoms with Gasteiger partial charge in [-0.2, -0.15) is 0 Å². The smallest absolute Gasteiger partial charge is 0.334 e. The summed E-state index contributed by atoms with van der Waals surface area (Å²) in [6.07, 6.45) is 0. The Labute approximate surface area is 157 Å². The summed E-state index contributed by atoms with van der Waals surface area (Å²) in [5, 5.41) is 0. The van der Waals surface area contributed by atoms with Crippen molar-refractivity contribution < 1.29 is 19.2 Å². The molecule has 1 aromatic rings. The van der Waals surface area contributed by atoms with Crippen molar-refractivity contribution in [2.45, 2.75) is 5.92 Å². The number of carbonyl (C=O) groups excluding carboxylic acids is 4. The summed E-state index contributed by atoms with van der Waals surface area (Å²) < 4.78 is 0. The highest BCUT2D eigenvalue weighted by atomic mass is 35.5. The first-order valence-electron chi connectivity index (χ1n) is 8.10. The Kier molecular flexibility index (Phi) is 5.99. The lowest BCUT2D eigenvalue weighted by molar-refractivity contribution is -0.144. The van der Waals surface area contributed by atoms with Gasteiger partial charge in [-0.25, -0.2) is 9.69 Å². The number of nitrogens with zero attached hydrogens (tertiary/aromatic N) is 3. The van der Waals surface area contributed by atoms with E-state index in [1.54, 1.807) is 4.90 Å². The quantitative estimate of drug-likeness (QED) is 0.586. The summed E-state index contributed by atoms with van der Waals surface area (Å²) in [5.41, 5.74) is 6.97. The molecular weight excluding hydrogens is 360 g/mol. The van der Waals surface area contributed by atoms with Gasteiger partial charge in [-0.15, -0.1) is 12.4 Å². The average Bonchev–Trinajstić information content (AvgIpc) is 3.15. The van der Waals surface area contributed by atoms with Crippen molar-refractivity contribution in [2.24, 2.45) is 11.7 Å². The first kappa shape index (κ1) is 19.9. The third kappa shape index (κ3) is 3.42. The molecule has 0 aromatic heterocycles. The van der Waals surface area contributed by atoms with Crippen molar-refractivity contribution in [1.82, 2.24) is 14.7 Å². The minimum atomic E-state index is -0.963. The van der Waals surface area contributed by atoms with Crippen molar-refractivity contribution in [2.75, 3.05) is 33.2 Å². The molecule has 2 atom stereocenters. The monoisotopic (exact) mass is 380 g/mol. The van der Waals surface area contributed by atoms with Gasteiger partial charge in [0, 0.05) is 26.1 Å². The third-order valence-electron chi connectivity index (χ3n) is 4.87. The molecule has 5 amide bonds. The van der Waals surface area contributed by atoms with Crippen LogP contribution in [0.4, 0.5) is 4.79 Å². The number of nitrogens with two attached hydrogens (primary N) is 1. The van der Waals surface area contributed by atoms with Gasteiger partial charge in [0.25, 0.3) is 0 Å². The normalized spacial score (nSPS) is 22.8. The Balaban J connectivity index is 0.00000243. The molecule has 0 aliphatic carbocycles. The molecule has 2 aliphatic rings. The first-order chi connectivity index (χ1) is 11.9. The van der Waals surface area contributed by atoms with Crippen LogP contribution in [0.25, 0.3) is 0 Å². The molecule has 2 N–H and O–H groups in total. The fraction of sp³-hybridized carbons (Fsp3) is 0.412. The molecule has 26 heavy (non-hydrogen) atoms. The van der Waals surface area contributed by atoms with Crippen LogP contribution in [0.15, 0.2) is 30.3 Å². The number of hydrogen-bond acceptors (Lipinski definition) is 5. The molecule has 9 heteroatoms. The second-order valence-corrected chi connectivity index (χ2v) is 6.35. The van der Waals surface area contributed by atoms with Crippen molar-refractivity contribution in [3.8, 4) is 0 Å². The van der Waals surface area contributed by atoms with E-state index in [0.29, 0.717) is 24.5 Å². The number of imide groups is 2. The molecule has 8 nitrogen and oxygen atoms in total. The van der Waals surface area contributed by atoms with Gasteiger partial charge in [-0.05, 0) is 18.0 Å². The Morgan fingerprint density at radius 2 is 1.77 bits per heavy atom. The van der Waals surface area contributed by atoms with Crippen LogP contribution in [-0.4, -0.2) is 71.7 Å². The Morgan fingerprint density at radius 3 is 2.31 bits per heavy atom. The summed E-state index contributed by atoms with van der Waals surface area (Å²) in [6, 6.07) is 9.05. The number of urea groups is 1. The largest absolute Gasteiger partial charge is 0.340 e. The molecule has 0 saturated carbocycles. The number of likely N-dealkylation sites (N-methyl/N-ethyl adjacent to an activating group) is 1. The maximum Gasteiger partial charge on any atom is 0.334 e. The summed E-state index contributed by atoms with van der Waals surface area (Å²) >= 11 is 0. The van der Waals surface area contributed by atoms with Crippen LogP contribution in [0.1, 0.15) is 11.5 Å². The van der Waals surface area contributed by atoms with E-state index < -0.39 is 24.4 Å². The van der Waals surface area contributed by atoms with E-state index >= 15 is 0 Å². The Bertz CT molecular complexity index is 727. The van der Waals surface area contributed by atoms with E-state index in [2.05, 4.69) is 0 Å². The van der Waals surface area contributed by atoms with E-state index in [0.717, 1.165) is 10.5 Å². The fourth-order valence-electron chi connectivity index (χ4n) is 3.38. The van der Waals surface area contributed by atoms with Gasteiger partial charge in [-0.1, -0.05) is 30.3 Å². The van der Waals surface area contributed by atoms with Crippen LogP contribution in [0.5, 0.6) is 0 Å². The van der Waals surface area contributed by atoms with E-state index in [-0.39, 0.29) is 30.2 Å². The van der Waals surface area contributed by atoms with Crippen molar-refractivity contribution in [3.63, 3.8) is 0 Å². The van der Waals surface area contributed by atoms with Crippen LogP contribution in [0, 0.1) is 5.92 Å². The first-order valence-corrected chi connectivity index (χ1v) is 8.10. The van der Waals surface area contributed by atoms with Gasteiger partial charge in [0.15, 0.2) is 0 Å². The maximum atomic E-state index is 12.6. The zero-order valence-corrected chi connectivity index (χ0v) is 15.1.